The van der Waals surface area contributed by atoms with Crippen molar-refractivity contribution in [2.75, 3.05) is 10.8 Å². The smallest absolute Gasteiger partial charge is 0.264 e. The van der Waals surface area contributed by atoms with E-state index in [1.807, 2.05) is 58.0 Å². The van der Waals surface area contributed by atoms with Gasteiger partial charge in [-0.25, -0.2) is 12.8 Å². The van der Waals surface area contributed by atoms with Crippen molar-refractivity contribution in [2.24, 2.45) is 0 Å². The number of anilines is 1. The van der Waals surface area contributed by atoms with Crippen LogP contribution in [-0.2, 0) is 26.2 Å². The van der Waals surface area contributed by atoms with Crippen molar-refractivity contribution in [3.63, 3.8) is 0 Å². The number of carbonyl (C=O) groups excluding carboxylic acids is 2. The van der Waals surface area contributed by atoms with Gasteiger partial charge in [0, 0.05) is 12.1 Å². The van der Waals surface area contributed by atoms with Crippen molar-refractivity contribution in [3.05, 3.63) is 95.8 Å². The Kier molecular flexibility index (Phi) is 8.93. The second-order valence-electron chi connectivity index (χ2n) is 10.2. The predicted octanol–water partition coefficient (Wildman–Crippen LogP) is 4.66. The highest BCUT2D eigenvalue weighted by atomic mass is 32.2. The first-order chi connectivity index (χ1) is 17.8. The minimum Gasteiger partial charge on any atom is -0.350 e. The molecule has 1 N–H and O–H groups in total. The standard InChI is InChI=1S/C29H34FN3O4S/c1-21-11-17-26(18-12-21)38(36,37)33(25-15-13-24(30)14-16-25)20-27(34)32(19-23-9-7-6-8-10-23)22(2)28(35)31-29(3,4)5/h6-18,22H,19-20H2,1-5H3,(H,31,35). The first-order valence-electron chi connectivity index (χ1n) is 12.3. The van der Waals surface area contributed by atoms with Crippen LogP contribution in [0.3, 0.4) is 0 Å². The third-order valence-corrected chi connectivity index (χ3v) is 7.65. The summed E-state index contributed by atoms with van der Waals surface area (Å²) in [6.07, 6.45) is 0. The number of benzene rings is 3. The number of halogens is 1. The topological polar surface area (TPSA) is 86.8 Å². The zero-order chi connectivity index (χ0) is 28.1. The fraction of sp³-hybridized carbons (Fsp3) is 0.310. The van der Waals surface area contributed by atoms with E-state index in [1.165, 1.54) is 29.2 Å². The number of hydrogen-bond acceptors (Lipinski definition) is 4. The fourth-order valence-electron chi connectivity index (χ4n) is 3.81. The van der Waals surface area contributed by atoms with Crippen molar-refractivity contribution in [1.82, 2.24) is 10.2 Å². The highest BCUT2D eigenvalue weighted by Crippen LogP contribution is 2.25. The van der Waals surface area contributed by atoms with Gasteiger partial charge in [0.25, 0.3) is 10.0 Å². The van der Waals surface area contributed by atoms with Crippen molar-refractivity contribution in [2.45, 2.75) is 57.6 Å². The van der Waals surface area contributed by atoms with Crippen LogP contribution in [0, 0.1) is 12.7 Å². The van der Waals surface area contributed by atoms with Crippen LogP contribution in [0.5, 0.6) is 0 Å². The quantitative estimate of drug-likeness (QED) is 0.429. The highest BCUT2D eigenvalue weighted by Gasteiger charge is 2.33. The Morgan fingerprint density at radius 3 is 2.05 bits per heavy atom. The van der Waals surface area contributed by atoms with E-state index >= 15 is 0 Å². The molecule has 0 radical (unpaired) electrons. The molecule has 0 aromatic heterocycles. The molecule has 0 saturated heterocycles. The molecule has 0 saturated carbocycles. The third kappa shape index (κ3) is 7.41. The molecule has 0 fully saturated rings. The van der Waals surface area contributed by atoms with E-state index in [-0.39, 0.29) is 23.0 Å². The molecule has 9 heteroatoms. The minimum atomic E-state index is -4.20. The van der Waals surface area contributed by atoms with Gasteiger partial charge in [0.2, 0.25) is 11.8 Å². The van der Waals surface area contributed by atoms with E-state index in [0.717, 1.165) is 27.6 Å². The van der Waals surface area contributed by atoms with Gasteiger partial charge in [0.1, 0.15) is 18.4 Å². The fourth-order valence-corrected chi connectivity index (χ4v) is 5.22. The Balaban J connectivity index is 2.02. The Bertz CT molecular complexity index is 1350. The first-order valence-corrected chi connectivity index (χ1v) is 13.7. The van der Waals surface area contributed by atoms with Crippen molar-refractivity contribution in [3.8, 4) is 0 Å². The van der Waals surface area contributed by atoms with E-state index in [4.69, 9.17) is 0 Å². The second kappa shape index (κ2) is 11.8. The van der Waals surface area contributed by atoms with Gasteiger partial charge < -0.3 is 10.2 Å². The Morgan fingerprint density at radius 1 is 0.921 bits per heavy atom. The summed E-state index contributed by atoms with van der Waals surface area (Å²) in [6.45, 7) is 8.48. The number of nitrogens with one attached hydrogen (secondary N) is 1. The average molecular weight is 540 g/mol. The van der Waals surface area contributed by atoms with Crippen LogP contribution in [-0.4, -0.2) is 43.3 Å². The Hall–Kier alpha value is -3.72. The van der Waals surface area contributed by atoms with E-state index in [0.29, 0.717) is 0 Å². The van der Waals surface area contributed by atoms with Gasteiger partial charge >= 0.3 is 0 Å². The third-order valence-electron chi connectivity index (χ3n) is 5.86. The largest absolute Gasteiger partial charge is 0.350 e. The van der Waals surface area contributed by atoms with Crippen LogP contribution < -0.4 is 9.62 Å². The zero-order valence-corrected chi connectivity index (χ0v) is 23.1. The molecule has 0 bridgehead atoms. The summed E-state index contributed by atoms with van der Waals surface area (Å²) in [4.78, 5) is 28.2. The number of carbonyl (C=O) groups is 2. The van der Waals surface area contributed by atoms with Gasteiger partial charge in [-0.15, -0.1) is 0 Å². The molecule has 38 heavy (non-hydrogen) atoms. The molecule has 3 aromatic rings. The summed E-state index contributed by atoms with van der Waals surface area (Å²) in [6, 6.07) is 19.4. The number of amides is 2. The number of sulfonamides is 1. The summed E-state index contributed by atoms with van der Waals surface area (Å²) < 4.78 is 42.1. The van der Waals surface area contributed by atoms with Gasteiger partial charge in [-0.2, -0.15) is 0 Å². The second-order valence-corrected chi connectivity index (χ2v) is 12.1. The van der Waals surface area contributed by atoms with E-state index < -0.39 is 39.9 Å². The maximum atomic E-state index is 13.8. The lowest BCUT2D eigenvalue weighted by atomic mass is 10.1. The molecule has 0 aliphatic heterocycles. The summed E-state index contributed by atoms with van der Waals surface area (Å²) in [5.74, 6) is -1.48. The van der Waals surface area contributed by atoms with Gasteiger partial charge in [-0.1, -0.05) is 48.0 Å². The van der Waals surface area contributed by atoms with Crippen LogP contribution in [0.25, 0.3) is 0 Å². The van der Waals surface area contributed by atoms with E-state index in [9.17, 15) is 22.4 Å². The van der Waals surface area contributed by atoms with Crippen LogP contribution >= 0.6 is 0 Å². The monoisotopic (exact) mass is 539 g/mol. The Labute approximate surface area is 224 Å². The first kappa shape index (κ1) is 28.8. The summed E-state index contributed by atoms with van der Waals surface area (Å²) in [5.41, 5.74) is 1.26. The number of rotatable bonds is 9. The summed E-state index contributed by atoms with van der Waals surface area (Å²) in [7, 11) is -4.20. The molecule has 0 aliphatic carbocycles. The molecular weight excluding hydrogens is 505 g/mol. The van der Waals surface area contributed by atoms with Gasteiger partial charge in [0.15, 0.2) is 0 Å². The molecule has 1 unspecified atom stereocenters. The molecule has 0 spiro atoms. The number of aryl methyl sites for hydroxylation is 1. The molecule has 1 atom stereocenters. The molecule has 0 aliphatic rings. The van der Waals surface area contributed by atoms with Crippen molar-refractivity contribution in [1.29, 1.82) is 0 Å². The normalized spacial score (nSPS) is 12.5. The lowest BCUT2D eigenvalue weighted by Gasteiger charge is -2.33. The Morgan fingerprint density at radius 2 is 1.50 bits per heavy atom. The summed E-state index contributed by atoms with van der Waals surface area (Å²) in [5, 5.41) is 2.89. The molecule has 2 amide bonds. The lowest BCUT2D eigenvalue weighted by Crippen LogP contribution is -2.54. The van der Waals surface area contributed by atoms with Gasteiger partial charge in [-0.05, 0) is 76.6 Å². The van der Waals surface area contributed by atoms with Crippen LogP contribution in [0.1, 0.15) is 38.8 Å². The lowest BCUT2D eigenvalue weighted by molar-refractivity contribution is -0.140. The average Bonchev–Trinajstić information content (AvgIpc) is 2.85. The molecule has 7 nitrogen and oxygen atoms in total. The summed E-state index contributed by atoms with van der Waals surface area (Å²) >= 11 is 0. The highest BCUT2D eigenvalue weighted by molar-refractivity contribution is 7.92. The maximum Gasteiger partial charge on any atom is 0.264 e. The molecule has 3 rings (SSSR count). The predicted molar refractivity (Wildman–Crippen MR) is 146 cm³/mol. The van der Waals surface area contributed by atoms with Gasteiger partial charge in [0.05, 0.1) is 10.6 Å². The maximum absolute atomic E-state index is 13.8. The molecule has 3 aromatic carbocycles. The van der Waals surface area contributed by atoms with Crippen LogP contribution in [0.4, 0.5) is 10.1 Å². The SMILES string of the molecule is Cc1ccc(S(=O)(=O)N(CC(=O)N(Cc2ccccc2)C(C)C(=O)NC(C)(C)C)c2ccc(F)cc2)cc1. The van der Waals surface area contributed by atoms with Crippen molar-refractivity contribution < 1.29 is 22.4 Å². The minimum absolute atomic E-state index is 0.00615. The molecular formula is C29H34FN3O4S. The van der Waals surface area contributed by atoms with Crippen LogP contribution in [0.2, 0.25) is 0 Å². The van der Waals surface area contributed by atoms with Crippen LogP contribution in [0.15, 0.2) is 83.8 Å². The van der Waals surface area contributed by atoms with E-state index in [2.05, 4.69) is 5.32 Å². The van der Waals surface area contributed by atoms with Gasteiger partial charge in [-0.3, -0.25) is 13.9 Å². The zero-order valence-electron chi connectivity index (χ0n) is 22.3. The van der Waals surface area contributed by atoms with E-state index in [1.54, 1.807) is 19.1 Å². The molecule has 202 valence electrons. The number of hydrogen-bond donors (Lipinski definition) is 1. The molecule has 0 heterocycles. The number of nitrogens with zero attached hydrogens (tertiary/aromatic N) is 2. The van der Waals surface area contributed by atoms with Crippen molar-refractivity contribution >= 4 is 27.5 Å².